The van der Waals surface area contributed by atoms with Gasteiger partial charge in [0.15, 0.2) is 5.60 Å². The molecule has 1 atom stereocenters. The van der Waals surface area contributed by atoms with Crippen molar-refractivity contribution >= 4 is 11.8 Å². The molecule has 0 radical (unpaired) electrons. The lowest BCUT2D eigenvalue weighted by Crippen LogP contribution is -2.58. The first-order valence-electron chi connectivity index (χ1n) is 6.93. The van der Waals surface area contributed by atoms with Crippen molar-refractivity contribution in [2.75, 3.05) is 19.7 Å². The van der Waals surface area contributed by atoms with Crippen LogP contribution in [0.2, 0.25) is 0 Å². The van der Waals surface area contributed by atoms with Crippen molar-refractivity contribution in [3.63, 3.8) is 0 Å². The SMILES string of the molecule is CC(=O)N1CCOC(C)(C(=O)NCc2ccc(F)cc2F)C1. The van der Waals surface area contributed by atoms with Crippen molar-refractivity contribution in [3.05, 3.63) is 35.4 Å². The summed E-state index contributed by atoms with van der Waals surface area (Å²) in [6.45, 7) is 3.76. The maximum Gasteiger partial charge on any atom is 0.254 e. The van der Waals surface area contributed by atoms with E-state index in [1.54, 1.807) is 6.92 Å². The highest BCUT2D eigenvalue weighted by Crippen LogP contribution is 2.18. The minimum absolute atomic E-state index is 0.0794. The number of carbonyl (C=O) groups is 2. The molecule has 1 saturated heterocycles. The van der Waals surface area contributed by atoms with E-state index < -0.39 is 23.1 Å². The zero-order valence-corrected chi connectivity index (χ0v) is 12.5. The number of halogens is 2. The molecule has 1 heterocycles. The Balaban J connectivity index is 2.00. The molecular weight excluding hydrogens is 294 g/mol. The van der Waals surface area contributed by atoms with Crippen molar-refractivity contribution in [1.29, 1.82) is 0 Å². The topological polar surface area (TPSA) is 58.6 Å². The van der Waals surface area contributed by atoms with E-state index >= 15 is 0 Å². The van der Waals surface area contributed by atoms with Gasteiger partial charge in [0.1, 0.15) is 11.6 Å². The van der Waals surface area contributed by atoms with E-state index in [2.05, 4.69) is 5.32 Å². The number of carbonyl (C=O) groups excluding carboxylic acids is 2. The van der Waals surface area contributed by atoms with Gasteiger partial charge in [0.25, 0.3) is 5.91 Å². The molecule has 0 saturated carbocycles. The van der Waals surface area contributed by atoms with Gasteiger partial charge in [-0.2, -0.15) is 0 Å². The van der Waals surface area contributed by atoms with Gasteiger partial charge >= 0.3 is 0 Å². The lowest BCUT2D eigenvalue weighted by Gasteiger charge is -2.38. The largest absolute Gasteiger partial charge is 0.362 e. The summed E-state index contributed by atoms with van der Waals surface area (Å²) in [5.74, 6) is -1.97. The van der Waals surface area contributed by atoms with Gasteiger partial charge in [0, 0.05) is 31.6 Å². The van der Waals surface area contributed by atoms with Gasteiger partial charge in [-0.25, -0.2) is 8.78 Å². The van der Waals surface area contributed by atoms with Gasteiger partial charge in [0.2, 0.25) is 5.91 Å². The van der Waals surface area contributed by atoms with Crippen LogP contribution in [-0.4, -0.2) is 42.0 Å². The molecule has 0 aromatic heterocycles. The molecule has 1 aliphatic rings. The molecule has 120 valence electrons. The fraction of sp³-hybridized carbons (Fsp3) is 0.467. The van der Waals surface area contributed by atoms with Crippen LogP contribution in [0.5, 0.6) is 0 Å². The quantitative estimate of drug-likeness (QED) is 0.913. The molecule has 1 aromatic carbocycles. The van der Waals surface area contributed by atoms with Crippen LogP contribution in [0.1, 0.15) is 19.4 Å². The van der Waals surface area contributed by atoms with E-state index in [-0.39, 0.29) is 31.2 Å². The van der Waals surface area contributed by atoms with Crippen LogP contribution >= 0.6 is 0 Å². The number of hydrogen-bond acceptors (Lipinski definition) is 3. The van der Waals surface area contributed by atoms with Gasteiger partial charge in [-0.1, -0.05) is 6.07 Å². The second kappa shape index (κ2) is 6.39. The number of nitrogens with zero attached hydrogens (tertiary/aromatic N) is 1. The number of rotatable bonds is 3. The molecule has 1 aliphatic heterocycles. The highest BCUT2D eigenvalue weighted by atomic mass is 19.1. The molecule has 2 rings (SSSR count). The Morgan fingerprint density at radius 3 is 2.77 bits per heavy atom. The lowest BCUT2D eigenvalue weighted by atomic mass is 10.0. The number of hydrogen-bond donors (Lipinski definition) is 1. The molecular formula is C15H18F2N2O3. The van der Waals surface area contributed by atoms with Gasteiger partial charge in [-0.3, -0.25) is 9.59 Å². The lowest BCUT2D eigenvalue weighted by molar-refractivity contribution is -0.162. The Kier molecular flexibility index (Phi) is 4.75. The zero-order valence-electron chi connectivity index (χ0n) is 12.5. The molecule has 1 fully saturated rings. The zero-order chi connectivity index (χ0) is 16.3. The summed E-state index contributed by atoms with van der Waals surface area (Å²) >= 11 is 0. The highest BCUT2D eigenvalue weighted by molar-refractivity contribution is 5.86. The third kappa shape index (κ3) is 3.59. The highest BCUT2D eigenvalue weighted by Gasteiger charge is 2.39. The van der Waals surface area contributed by atoms with Crippen LogP contribution in [0.25, 0.3) is 0 Å². The molecule has 0 aliphatic carbocycles. The molecule has 5 nitrogen and oxygen atoms in total. The van der Waals surface area contributed by atoms with Gasteiger partial charge in [0.05, 0.1) is 13.2 Å². The summed E-state index contributed by atoms with van der Waals surface area (Å²) in [6, 6.07) is 3.16. The molecule has 1 aromatic rings. The summed E-state index contributed by atoms with van der Waals surface area (Å²) in [6.07, 6.45) is 0. The number of morpholine rings is 1. The van der Waals surface area contributed by atoms with Gasteiger partial charge < -0.3 is 15.0 Å². The van der Waals surface area contributed by atoms with E-state index in [1.165, 1.54) is 17.9 Å². The maximum atomic E-state index is 13.5. The first-order valence-corrected chi connectivity index (χ1v) is 6.93. The first-order chi connectivity index (χ1) is 10.3. The van der Waals surface area contributed by atoms with Crippen molar-refractivity contribution in [3.8, 4) is 0 Å². The summed E-state index contributed by atoms with van der Waals surface area (Å²) in [4.78, 5) is 25.2. The summed E-state index contributed by atoms with van der Waals surface area (Å²) < 4.78 is 31.8. The van der Waals surface area contributed by atoms with Crippen LogP contribution in [0.15, 0.2) is 18.2 Å². The molecule has 0 spiro atoms. The van der Waals surface area contributed by atoms with Crippen LogP contribution in [0.3, 0.4) is 0 Å². The van der Waals surface area contributed by atoms with Crippen molar-refractivity contribution < 1.29 is 23.1 Å². The number of amides is 2. The standard InChI is InChI=1S/C15H18F2N2O3/c1-10(20)19-5-6-22-15(2,9-19)14(21)18-8-11-3-4-12(16)7-13(11)17/h3-4,7H,5-6,8-9H2,1-2H3,(H,18,21). The fourth-order valence-electron chi connectivity index (χ4n) is 2.30. The van der Waals surface area contributed by atoms with Gasteiger partial charge in [-0.15, -0.1) is 0 Å². The van der Waals surface area contributed by atoms with E-state index in [0.29, 0.717) is 6.54 Å². The third-order valence-corrected chi connectivity index (χ3v) is 3.65. The summed E-state index contributed by atoms with van der Waals surface area (Å²) in [5.41, 5.74) is -1.00. The van der Waals surface area contributed by atoms with Crippen LogP contribution < -0.4 is 5.32 Å². The first kappa shape index (κ1) is 16.4. The molecule has 1 unspecified atom stereocenters. The predicted molar refractivity (Wildman–Crippen MR) is 74.8 cm³/mol. The van der Waals surface area contributed by atoms with Crippen LogP contribution in [-0.2, 0) is 20.9 Å². The van der Waals surface area contributed by atoms with Crippen molar-refractivity contribution in [2.24, 2.45) is 0 Å². The smallest absolute Gasteiger partial charge is 0.254 e. The Morgan fingerprint density at radius 2 is 2.14 bits per heavy atom. The Bertz CT molecular complexity index is 594. The number of nitrogens with one attached hydrogen (secondary N) is 1. The maximum absolute atomic E-state index is 13.5. The predicted octanol–water partition coefficient (Wildman–Crippen LogP) is 1.22. The number of benzene rings is 1. The monoisotopic (exact) mass is 312 g/mol. The van der Waals surface area contributed by atoms with E-state index in [1.807, 2.05) is 0 Å². The average Bonchev–Trinajstić information content (AvgIpc) is 2.46. The van der Waals surface area contributed by atoms with Crippen molar-refractivity contribution in [2.45, 2.75) is 26.0 Å². The molecule has 22 heavy (non-hydrogen) atoms. The van der Waals surface area contributed by atoms with E-state index in [4.69, 9.17) is 4.74 Å². The van der Waals surface area contributed by atoms with Crippen molar-refractivity contribution in [1.82, 2.24) is 10.2 Å². The number of ether oxygens (including phenoxy) is 1. The van der Waals surface area contributed by atoms with E-state index in [0.717, 1.165) is 12.1 Å². The normalized spacial score (nSPS) is 21.5. The Labute approximate surface area is 127 Å². The van der Waals surface area contributed by atoms with Crippen LogP contribution in [0.4, 0.5) is 8.78 Å². The third-order valence-electron chi connectivity index (χ3n) is 3.65. The minimum Gasteiger partial charge on any atom is -0.362 e. The Hall–Kier alpha value is -2.02. The average molecular weight is 312 g/mol. The summed E-state index contributed by atoms with van der Waals surface area (Å²) in [7, 11) is 0. The van der Waals surface area contributed by atoms with Crippen LogP contribution in [0, 0.1) is 11.6 Å². The Morgan fingerprint density at radius 1 is 1.41 bits per heavy atom. The minimum atomic E-state index is -1.18. The molecule has 2 amide bonds. The van der Waals surface area contributed by atoms with Gasteiger partial charge in [-0.05, 0) is 13.0 Å². The second-order valence-electron chi connectivity index (χ2n) is 5.44. The second-order valence-corrected chi connectivity index (χ2v) is 5.44. The molecule has 1 N–H and O–H groups in total. The summed E-state index contributed by atoms with van der Waals surface area (Å²) in [5, 5.41) is 2.56. The molecule has 7 heteroatoms. The fourth-order valence-corrected chi connectivity index (χ4v) is 2.30. The van der Waals surface area contributed by atoms with E-state index in [9.17, 15) is 18.4 Å². The molecule has 0 bridgehead atoms.